The minimum atomic E-state index is -0.383. The third kappa shape index (κ3) is 3.14. The summed E-state index contributed by atoms with van der Waals surface area (Å²) in [5.74, 6) is 1.58. The maximum atomic E-state index is 12.2. The molecule has 0 aliphatic heterocycles. The first-order chi connectivity index (χ1) is 10.7. The summed E-state index contributed by atoms with van der Waals surface area (Å²) in [5, 5.41) is 0. The summed E-state index contributed by atoms with van der Waals surface area (Å²) in [6.07, 6.45) is 2.05. The topological polar surface area (TPSA) is 52.3 Å². The number of fused-ring (bicyclic) bond motifs is 1. The van der Waals surface area contributed by atoms with Gasteiger partial charge in [-0.15, -0.1) is 0 Å². The van der Waals surface area contributed by atoms with Crippen LogP contribution in [0.3, 0.4) is 0 Å². The van der Waals surface area contributed by atoms with Crippen molar-refractivity contribution in [3.8, 4) is 5.75 Å². The number of benzene rings is 2. The molecule has 0 aliphatic carbocycles. The second-order valence-corrected chi connectivity index (χ2v) is 5.75. The van der Waals surface area contributed by atoms with E-state index in [1.54, 1.807) is 49.0 Å². The molecular formula is C17H15NO3S. The van der Waals surface area contributed by atoms with E-state index in [0.29, 0.717) is 22.8 Å². The van der Waals surface area contributed by atoms with Crippen molar-refractivity contribution in [2.75, 3.05) is 6.26 Å². The number of aryl methyl sites for hydroxylation is 1. The second kappa shape index (κ2) is 6.23. The van der Waals surface area contributed by atoms with Gasteiger partial charge in [-0.3, -0.25) is 0 Å². The van der Waals surface area contributed by atoms with Crippen LogP contribution in [0, 0.1) is 6.92 Å². The lowest BCUT2D eigenvalue weighted by Gasteiger charge is -2.05. The first-order valence-electron chi connectivity index (χ1n) is 6.83. The molecule has 0 bridgehead atoms. The first kappa shape index (κ1) is 14.7. The normalized spacial score (nSPS) is 10.8. The van der Waals surface area contributed by atoms with Crippen LogP contribution in [0.4, 0.5) is 0 Å². The Kier molecular flexibility index (Phi) is 4.15. The number of thioether (sulfide) groups is 1. The van der Waals surface area contributed by atoms with Crippen LogP contribution in [0.1, 0.15) is 21.8 Å². The fourth-order valence-electron chi connectivity index (χ4n) is 2.15. The van der Waals surface area contributed by atoms with Crippen molar-refractivity contribution in [2.24, 2.45) is 0 Å². The number of carbonyl (C=O) groups excluding carboxylic acids is 1. The summed E-state index contributed by atoms with van der Waals surface area (Å²) in [7, 11) is 0. The summed E-state index contributed by atoms with van der Waals surface area (Å²) in [5.41, 5.74) is 3.07. The predicted octanol–water partition coefficient (Wildman–Crippen LogP) is 4.22. The van der Waals surface area contributed by atoms with E-state index in [-0.39, 0.29) is 5.97 Å². The van der Waals surface area contributed by atoms with Crippen LogP contribution in [0.15, 0.2) is 46.9 Å². The Hall–Kier alpha value is -2.27. The third-order valence-electron chi connectivity index (χ3n) is 3.18. The Balaban J connectivity index is 1.76. The van der Waals surface area contributed by atoms with Gasteiger partial charge in [-0.2, -0.15) is 11.8 Å². The molecular weight excluding hydrogens is 298 g/mol. The smallest absolute Gasteiger partial charge is 0.343 e. The molecule has 0 saturated carbocycles. The fraction of sp³-hybridized carbons (Fsp3) is 0.176. The van der Waals surface area contributed by atoms with Gasteiger partial charge in [0.1, 0.15) is 11.3 Å². The molecule has 0 amide bonds. The fourth-order valence-corrected chi connectivity index (χ4v) is 2.68. The van der Waals surface area contributed by atoms with E-state index in [1.165, 1.54) is 5.56 Å². The molecule has 0 atom stereocenters. The van der Waals surface area contributed by atoms with Gasteiger partial charge in [0, 0.05) is 18.7 Å². The minimum Gasteiger partial charge on any atom is -0.441 e. The van der Waals surface area contributed by atoms with E-state index in [9.17, 15) is 4.79 Å². The zero-order valence-electron chi connectivity index (χ0n) is 12.3. The highest BCUT2D eigenvalue weighted by atomic mass is 32.2. The molecule has 0 spiro atoms. The maximum absolute atomic E-state index is 12.2. The molecule has 4 nitrogen and oxygen atoms in total. The highest BCUT2D eigenvalue weighted by molar-refractivity contribution is 7.97. The van der Waals surface area contributed by atoms with Crippen LogP contribution in [-0.4, -0.2) is 17.2 Å². The van der Waals surface area contributed by atoms with E-state index in [0.717, 1.165) is 11.3 Å². The lowest BCUT2D eigenvalue weighted by atomic mass is 10.1. The number of carbonyl (C=O) groups is 1. The largest absolute Gasteiger partial charge is 0.441 e. The number of aromatic nitrogens is 1. The Morgan fingerprint density at radius 3 is 2.73 bits per heavy atom. The quantitative estimate of drug-likeness (QED) is 0.533. The van der Waals surface area contributed by atoms with Crippen LogP contribution < -0.4 is 4.74 Å². The van der Waals surface area contributed by atoms with Crippen LogP contribution >= 0.6 is 11.8 Å². The number of esters is 1. The third-order valence-corrected chi connectivity index (χ3v) is 3.80. The number of rotatable bonds is 4. The number of ether oxygens (including phenoxy) is 1. The monoisotopic (exact) mass is 313 g/mol. The maximum Gasteiger partial charge on any atom is 0.343 e. The zero-order chi connectivity index (χ0) is 15.5. The predicted molar refractivity (Wildman–Crippen MR) is 87.4 cm³/mol. The van der Waals surface area contributed by atoms with Gasteiger partial charge in [-0.25, -0.2) is 9.78 Å². The van der Waals surface area contributed by atoms with Gasteiger partial charge in [0.2, 0.25) is 0 Å². The van der Waals surface area contributed by atoms with Gasteiger partial charge in [0.25, 0.3) is 0 Å². The Bertz CT molecular complexity index is 808. The number of nitrogens with zero attached hydrogens (tertiary/aromatic N) is 1. The Labute approximate surface area is 132 Å². The van der Waals surface area contributed by atoms with Crippen LogP contribution in [0.25, 0.3) is 11.1 Å². The molecule has 3 aromatic rings. The van der Waals surface area contributed by atoms with Gasteiger partial charge in [0.05, 0.1) is 5.56 Å². The summed E-state index contributed by atoms with van der Waals surface area (Å²) in [6.45, 7) is 1.78. The average Bonchev–Trinajstić information content (AvgIpc) is 2.87. The van der Waals surface area contributed by atoms with Gasteiger partial charge >= 0.3 is 5.97 Å². The number of hydrogen-bond acceptors (Lipinski definition) is 5. The van der Waals surface area contributed by atoms with Crippen molar-refractivity contribution < 1.29 is 13.9 Å². The van der Waals surface area contributed by atoms with Gasteiger partial charge in [-0.05, 0) is 36.1 Å². The SMILES string of the molecule is CSCc1ccc(C(=O)Oc2ccc3nc(C)oc3c2)cc1. The van der Waals surface area contributed by atoms with E-state index < -0.39 is 0 Å². The molecule has 5 heteroatoms. The Morgan fingerprint density at radius 2 is 2.00 bits per heavy atom. The lowest BCUT2D eigenvalue weighted by molar-refractivity contribution is 0.0735. The summed E-state index contributed by atoms with van der Waals surface area (Å²) >= 11 is 1.74. The molecule has 22 heavy (non-hydrogen) atoms. The van der Waals surface area contributed by atoms with Crippen LogP contribution in [0.5, 0.6) is 5.75 Å². The number of oxazole rings is 1. The molecule has 1 aromatic heterocycles. The summed E-state index contributed by atoms with van der Waals surface area (Å²) in [4.78, 5) is 16.4. The Morgan fingerprint density at radius 1 is 1.23 bits per heavy atom. The van der Waals surface area contributed by atoms with Crippen molar-refractivity contribution in [3.05, 3.63) is 59.5 Å². The molecule has 0 saturated heterocycles. The standard InChI is InChI=1S/C17H15NO3S/c1-11-18-15-8-7-14(9-16(15)20-11)21-17(19)13-5-3-12(4-6-13)10-22-2/h3-9H,10H2,1-2H3. The van der Waals surface area contributed by atoms with E-state index >= 15 is 0 Å². The second-order valence-electron chi connectivity index (χ2n) is 4.88. The minimum absolute atomic E-state index is 0.383. The molecule has 2 aromatic carbocycles. The summed E-state index contributed by atoms with van der Waals surface area (Å²) in [6, 6.07) is 12.6. The van der Waals surface area contributed by atoms with Gasteiger partial charge in [0.15, 0.2) is 11.5 Å². The summed E-state index contributed by atoms with van der Waals surface area (Å²) < 4.78 is 10.8. The molecule has 0 fully saturated rings. The van der Waals surface area contributed by atoms with E-state index in [2.05, 4.69) is 4.98 Å². The van der Waals surface area contributed by atoms with Gasteiger partial charge in [-0.1, -0.05) is 12.1 Å². The van der Waals surface area contributed by atoms with Crippen molar-refractivity contribution in [2.45, 2.75) is 12.7 Å². The lowest BCUT2D eigenvalue weighted by Crippen LogP contribution is -2.08. The first-order valence-corrected chi connectivity index (χ1v) is 8.22. The van der Waals surface area contributed by atoms with Crippen molar-refractivity contribution in [1.82, 2.24) is 4.98 Å². The average molecular weight is 313 g/mol. The van der Waals surface area contributed by atoms with Crippen LogP contribution in [0.2, 0.25) is 0 Å². The molecule has 0 N–H and O–H groups in total. The molecule has 0 aliphatic rings. The van der Waals surface area contributed by atoms with Gasteiger partial charge < -0.3 is 9.15 Å². The van der Waals surface area contributed by atoms with Crippen molar-refractivity contribution in [1.29, 1.82) is 0 Å². The van der Waals surface area contributed by atoms with Crippen molar-refractivity contribution >= 4 is 28.8 Å². The number of hydrogen-bond donors (Lipinski definition) is 0. The molecule has 1 heterocycles. The van der Waals surface area contributed by atoms with E-state index in [4.69, 9.17) is 9.15 Å². The molecule has 0 unspecified atom stereocenters. The molecule has 112 valence electrons. The zero-order valence-corrected chi connectivity index (χ0v) is 13.1. The molecule has 0 radical (unpaired) electrons. The highest BCUT2D eigenvalue weighted by Crippen LogP contribution is 2.22. The molecule has 3 rings (SSSR count). The highest BCUT2D eigenvalue weighted by Gasteiger charge is 2.10. The van der Waals surface area contributed by atoms with Crippen molar-refractivity contribution in [3.63, 3.8) is 0 Å². The van der Waals surface area contributed by atoms with Crippen LogP contribution in [-0.2, 0) is 5.75 Å². The van der Waals surface area contributed by atoms with E-state index in [1.807, 2.05) is 18.4 Å².